The molecule has 27 heavy (non-hydrogen) atoms. The van der Waals surface area contributed by atoms with Crippen molar-refractivity contribution in [3.8, 4) is 23.7 Å². The minimum atomic E-state index is 0.468. The molecule has 0 amide bonds. The number of fused-ring (bicyclic) bond motifs is 1. The van der Waals surface area contributed by atoms with Gasteiger partial charge in [-0.2, -0.15) is 4.98 Å². The summed E-state index contributed by atoms with van der Waals surface area (Å²) in [4.78, 5) is 15.6. The average molecular weight is 468 g/mol. The van der Waals surface area contributed by atoms with E-state index in [0.29, 0.717) is 17.6 Å². The molecular weight excluding hydrogens is 451 g/mol. The number of aryl methyl sites for hydroxylation is 1. The normalized spacial score (nSPS) is 10.0. The fraction of sp³-hybridized carbons (Fsp3) is 0.100. The maximum absolute atomic E-state index is 5.42. The highest BCUT2D eigenvalue weighted by Crippen LogP contribution is 2.26. The van der Waals surface area contributed by atoms with Crippen LogP contribution in [-0.2, 0) is 0 Å². The van der Waals surface area contributed by atoms with Crippen LogP contribution in [0, 0.1) is 19.3 Å². The van der Waals surface area contributed by atoms with E-state index in [1.54, 1.807) is 0 Å². The Morgan fingerprint density at radius 3 is 2.41 bits per heavy atom. The van der Waals surface area contributed by atoms with Crippen LogP contribution in [0.4, 0.5) is 11.8 Å². The van der Waals surface area contributed by atoms with Gasteiger partial charge in [0.05, 0.1) is 5.52 Å². The van der Waals surface area contributed by atoms with E-state index in [1.165, 1.54) is 0 Å². The second kappa shape index (κ2) is 8.60. The molecule has 134 valence electrons. The van der Waals surface area contributed by atoms with E-state index in [0.717, 1.165) is 27.9 Å². The summed E-state index contributed by atoms with van der Waals surface area (Å²) < 4.78 is 0. The van der Waals surface area contributed by atoms with Gasteiger partial charge in [0, 0.05) is 16.5 Å². The van der Waals surface area contributed by atoms with Gasteiger partial charge in [-0.25, -0.2) is 9.97 Å². The summed E-state index contributed by atoms with van der Waals surface area (Å²) >= 11 is 2.15. The van der Waals surface area contributed by atoms with Gasteiger partial charge in [-0.3, -0.25) is 5.10 Å². The molecule has 0 spiro atoms. The second-order valence-electron chi connectivity index (χ2n) is 5.50. The number of rotatable bonds is 3. The SMILES string of the molecule is C#Cc1ccc(-c2nc(Nc3n[nH]c(C)n3)c3ccccc3n2)cc1.CI. The molecule has 0 atom stereocenters. The lowest BCUT2D eigenvalue weighted by Crippen LogP contribution is -2.00. The molecule has 0 unspecified atom stereocenters. The first kappa shape index (κ1) is 18.8. The van der Waals surface area contributed by atoms with Crippen LogP contribution in [-0.4, -0.2) is 30.1 Å². The number of alkyl halides is 1. The number of terminal acetylenes is 1. The summed E-state index contributed by atoms with van der Waals surface area (Å²) in [6.45, 7) is 1.84. The van der Waals surface area contributed by atoms with E-state index in [9.17, 15) is 0 Å². The van der Waals surface area contributed by atoms with Crippen molar-refractivity contribution in [1.82, 2.24) is 25.1 Å². The first-order valence-corrected chi connectivity index (χ1v) is 10.3. The summed E-state index contributed by atoms with van der Waals surface area (Å²) in [7, 11) is 0. The molecule has 7 heteroatoms. The first-order valence-electron chi connectivity index (χ1n) is 8.10. The molecule has 0 aliphatic carbocycles. The second-order valence-corrected chi connectivity index (χ2v) is 5.50. The molecule has 4 aromatic rings. The first-order chi connectivity index (χ1) is 13.2. The van der Waals surface area contributed by atoms with Gasteiger partial charge < -0.3 is 5.32 Å². The molecule has 6 nitrogen and oxygen atoms in total. The van der Waals surface area contributed by atoms with Gasteiger partial charge >= 0.3 is 0 Å². The van der Waals surface area contributed by atoms with Gasteiger partial charge in [-0.1, -0.05) is 40.6 Å². The van der Waals surface area contributed by atoms with E-state index in [2.05, 4.69) is 59.0 Å². The highest BCUT2D eigenvalue weighted by atomic mass is 127. The van der Waals surface area contributed by atoms with Crippen LogP contribution in [0.3, 0.4) is 0 Å². The van der Waals surface area contributed by atoms with Crippen molar-refractivity contribution in [3.63, 3.8) is 0 Å². The average Bonchev–Trinajstić information content (AvgIpc) is 3.14. The standard InChI is InChI=1S/C19H14N6.CH3I/c1-3-13-8-10-14(11-9-13)17-21-16-7-5-4-6-15(16)18(22-17)23-19-20-12(2)24-25-19;1-2/h1,4-11H,2H3,(H2,20,21,22,23,24,25);1H3. The topological polar surface area (TPSA) is 79.4 Å². The third-order valence-corrected chi connectivity index (χ3v) is 3.74. The minimum absolute atomic E-state index is 0.468. The largest absolute Gasteiger partial charge is 0.307 e. The number of nitrogens with one attached hydrogen (secondary N) is 2. The van der Waals surface area contributed by atoms with Crippen LogP contribution in [0.5, 0.6) is 0 Å². The Morgan fingerprint density at radius 1 is 1.00 bits per heavy atom. The van der Waals surface area contributed by atoms with Crippen LogP contribution in [0.15, 0.2) is 48.5 Å². The van der Waals surface area contributed by atoms with Crippen LogP contribution in [0.1, 0.15) is 11.4 Å². The monoisotopic (exact) mass is 468 g/mol. The smallest absolute Gasteiger partial charge is 0.247 e. The molecule has 2 aromatic carbocycles. The highest BCUT2D eigenvalue weighted by molar-refractivity contribution is 14.1. The number of anilines is 2. The van der Waals surface area contributed by atoms with Crippen molar-refractivity contribution < 1.29 is 0 Å². The van der Waals surface area contributed by atoms with Crippen molar-refractivity contribution in [2.75, 3.05) is 10.2 Å². The Kier molecular flexibility index (Phi) is 5.98. The van der Waals surface area contributed by atoms with Crippen molar-refractivity contribution in [1.29, 1.82) is 0 Å². The molecule has 0 fully saturated rings. The van der Waals surface area contributed by atoms with Crippen molar-refractivity contribution >= 4 is 45.3 Å². The summed E-state index contributed by atoms with van der Waals surface area (Å²) in [5.74, 6) is 5.07. The number of halogens is 1. The van der Waals surface area contributed by atoms with Gasteiger partial charge in [-0.15, -0.1) is 11.5 Å². The molecule has 0 radical (unpaired) electrons. The van der Waals surface area contributed by atoms with Gasteiger partial charge in [0.1, 0.15) is 11.6 Å². The number of H-pyrrole nitrogens is 1. The summed E-state index contributed by atoms with van der Waals surface area (Å²) in [6, 6.07) is 15.4. The third-order valence-electron chi connectivity index (χ3n) is 3.74. The van der Waals surface area contributed by atoms with Crippen LogP contribution in [0.2, 0.25) is 0 Å². The Balaban J connectivity index is 0.00000102. The number of benzene rings is 2. The van der Waals surface area contributed by atoms with Gasteiger partial charge in [-0.05, 0) is 48.3 Å². The molecule has 4 rings (SSSR count). The predicted molar refractivity (Wildman–Crippen MR) is 117 cm³/mol. The number of aromatic amines is 1. The maximum Gasteiger partial charge on any atom is 0.247 e. The van der Waals surface area contributed by atoms with E-state index < -0.39 is 0 Å². The van der Waals surface area contributed by atoms with E-state index in [1.807, 2.05) is 60.4 Å². The van der Waals surface area contributed by atoms with Gasteiger partial charge in [0.2, 0.25) is 5.95 Å². The summed E-state index contributed by atoms with van der Waals surface area (Å²) in [5.41, 5.74) is 2.54. The molecule has 0 bridgehead atoms. The molecule has 0 saturated heterocycles. The number of hydrogen-bond donors (Lipinski definition) is 2. The lowest BCUT2D eigenvalue weighted by Gasteiger charge is -2.09. The Hall–Kier alpha value is -2.99. The maximum atomic E-state index is 5.42. The Morgan fingerprint density at radius 2 is 1.74 bits per heavy atom. The molecule has 0 aliphatic rings. The third kappa shape index (κ3) is 4.23. The van der Waals surface area contributed by atoms with E-state index >= 15 is 0 Å². The summed E-state index contributed by atoms with van der Waals surface area (Å²) in [6.07, 6.45) is 5.42. The number of nitrogens with zero attached hydrogens (tertiary/aromatic N) is 4. The zero-order chi connectivity index (χ0) is 19.2. The van der Waals surface area contributed by atoms with Crippen molar-refractivity contribution in [2.45, 2.75) is 6.92 Å². The number of para-hydroxylation sites is 1. The van der Waals surface area contributed by atoms with Crippen LogP contribution < -0.4 is 5.32 Å². The molecule has 2 N–H and O–H groups in total. The lowest BCUT2D eigenvalue weighted by molar-refractivity contribution is 1.04. The number of aromatic nitrogens is 5. The van der Waals surface area contributed by atoms with Gasteiger partial charge in [0.25, 0.3) is 0 Å². The summed E-state index contributed by atoms with van der Waals surface area (Å²) in [5, 5.41) is 11.0. The fourth-order valence-electron chi connectivity index (χ4n) is 2.52. The predicted octanol–water partition coefficient (Wildman–Crippen LogP) is 4.50. The zero-order valence-corrected chi connectivity index (χ0v) is 17.0. The highest BCUT2D eigenvalue weighted by Gasteiger charge is 2.11. The minimum Gasteiger partial charge on any atom is -0.307 e. The van der Waals surface area contributed by atoms with Crippen molar-refractivity contribution in [2.24, 2.45) is 0 Å². The van der Waals surface area contributed by atoms with Crippen LogP contribution in [0.25, 0.3) is 22.3 Å². The van der Waals surface area contributed by atoms with Gasteiger partial charge in [0.15, 0.2) is 5.82 Å². The van der Waals surface area contributed by atoms with Crippen molar-refractivity contribution in [3.05, 3.63) is 59.9 Å². The quantitative estimate of drug-likeness (QED) is 0.263. The molecule has 0 aliphatic heterocycles. The number of hydrogen-bond acceptors (Lipinski definition) is 5. The van der Waals surface area contributed by atoms with E-state index in [-0.39, 0.29) is 0 Å². The molecule has 0 saturated carbocycles. The Bertz CT molecular complexity index is 1100. The molecular formula is C20H17IN6. The van der Waals surface area contributed by atoms with Crippen LogP contribution >= 0.6 is 22.6 Å². The molecule has 2 heterocycles. The zero-order valence-electron chi connectivity index (χ0n) is 14.9. The fourth-order valence-corrected chi connectivity index (χ4v) is 2.52. The Labute approximate surface area is 171 Å². The lowest BCUT2D eigenvalue weighted by atomic mass is 10.1. The molecule has 2 aromatic heterocycles. The van der Waals surface area contributed by atoms with E-state index in [4.69, 9.17) is 6.42 Å².